The summed E-state index contributed by atoms with van der Waals surface area (Å²) in [6, 6.07) is 52.9. The third-order valence-electron chi connectivity index (χ3n) is 10.4. The maximum absolute atomic E-state index is 8.35. The van der Waals surface area contributed by atoms with Crippen LogP contribution in [0, 0.1) is 0 Å². The molecule has 0 atom stereocenters. The van der Waals surface area contributed by atoms with Gasteiger partial charge in [-0.3, -0.25) is 0 Å². The first-order valence-electron chi connectivity index (χ1n) is 20.9. The van der Waals surface area contributed by atoms with Gasteiger partial charge in [0.15, 0.2) is 5.82 Å². The van der Waals surface area contributed by atoms with Crippen molar-refractivity contribution in [2.45, 2.75) is 0 Å². The van der Waals surface area contributed by atoms with Crippen molar-refractivity contribution in [3.8, 4) is 67.3 Å². The van der Waals surface area contributed by atoms with E-state index < -0.39 is 6.04 Å². The Morgan fingerprint density at radius 2 is 0.982 bits per heavy atom. The molecular weight excluding hydrogens is 685 g/mol. The summed E-state index contributed by atoms with van der Waals surface area (Å²) in [7, 11) is 0. The van der Waals surface area contributed by atoms with Gasteiger partial charge in [-0.15, -0.1) is 0 Å². The number of rotatable bonds is 6. The highest BCUT2D eigenvalue weighted by Gasteiger charge is 2.20. The summed E-state index contributed by atoms with van der Waals surface area (Å²) in [5.41, 5.74) is 12.1. The summed E-state index contributed by atoms with van der Waals surface area (Å²) < 4.78 is 53.7. The Balaban J connectivity index is 0.960. The first kappa shape index (κ1) is 27.1. The topological polar surface area (TPSA) is 52.1 Å². The molecule has 0 N–H and O–H groups in total. The molecule has 0 saturated carbocycles. The lowest BCUT2D eigenvalue weighted by molar-refractivity contribution is 0.669. The second-order valence-electron chi connectivity index (χ2n) is 13.8. The molecule has 3 aromatic heterocycles. The van der Waals surface area contributed by atoms with Gasteiger partial charge in [0.1, 0.15) is 22.3 Å². The molecule has 0 fully saturated rings. The summed E-state index contributed by atoms with van der Waals surface area (Å²) >= 11 is 0. The molecule has 0 aliphatic carbocycles. The Kier molecular flexibility index (Phi) is 6.33. The summed E-state index contributed by atoms with van der Waals surface area (Å²) in [6.45, 7) is 0. The quantitative estimate of drug-likeness (QED) is 0.172. The van der Waals surface area contributed by atoms with Crippen molar-refractivity contribution in [3.05, 3.63) is 194 Å². The Morgan fingerprint density at radius 1 is 0.375 bits per heavy atom. The molecule has 56 heavy (non-hydrogen) atoms. The van der Waals surface area contributed by atoms with E-state index in [1.807, 2.05) is 72.8 Å². The Morgan fingerprint density at radius 3 is 1.77 bits per heavy atom. The largest absolute Gasteiger partial charge is 0.456 e. The van der Waals surface area contributed by atoms with Gasteiger partial charge in [-0.1, -0.05) is 158 Å². The van der Waals surface area contributed by atoms with Gasteiger partial charge >= 0.3 is 0 Å². The van der Waals surface area contributed by atoms with E-state index >= 15 is 0 Å². The van der Waals surface area contributed by atoms with Crippen LogP contribution in [0.5, 0.6) is 0 Å². The van der Waals surface area contributed by atoms with Crippen molar-refractivity contribution in [2.75, 3.05) is 0 Å². The lowest BCUT2D eigenvalue weighted by Crippen LogP contribution is -1.96. The second-order valence-corrected chi connectivity index (χ2v) is 13.8. The zero-order chi connectivity index (χ0) is 41.4. The van der Waals surface area contributed by atoms with Gasteiger partial charge in [-0.05, 0) is 69.8 Å². The van der Waals surface area contributed by atoms with Crippen molar-refractivity contribution in [3.63, 3.8) is 0 Å². The summed E-state index contributed by atoms with van der Waals surface area (Å²) in [5, 5.41) is 3.99. The summed E-state index contributed by atoms with van der Waals surface area (Å²) in [6.07, 6.45) is 0. The van der Waals surface area contributed by atoms with Gasteiger partial charge in [0.2, 0.25) is 0 Å². The number of para-hydroxylation sites is 2. The molecule has 0 aliphatic heterocycles. The number of hydrogen-bond acceptors (Lipinski definition) is 4. The molecule has 0 aliphatic rings. The Hall–Kier alpha value is -7.56. The summed E-state index contributed by atoms with van der Waals surface area (Å²) in [4.78, 5) is 10.4. The van der Waals surface area contributed by atoms with E-state index in [1.165, 1.54) is 0 Å². The minimum absolute atomic E-state index is 0.191. The average molecular weight is 722 g/mol. The van der Waals surface area contributed by atoms with Crippen molar-refractivity contribution < 1.29 is 15.7 Å². The van der Waals surface area contributed by atoms with Crippen molar-refractivity contribution in [1.29, 1.82) is 0 Å². The van der Waals surface area contributed by atoms with Gasteiger partial charge in [-0.2, -0.15) is 0 Å². The normalized spacial score (nSPS) is 12.8. The van der Waals surface area contributed by atoms with E-state index in [0.717, 1.165) is 94.2 Å². The fraction of sp³-hybridized carbons (Fsp3) is 0. The molecule has 0 radical (unpaired) electrons. The Labute approximate surface area is 330 Å². The predicted octanol–water partition coefficient (Wildman–Crippen LogP) is 14.3. The highest BCUT2D eigenvalue weighted by atomic mass is 16.3. The molecule has 4 nitrogen and oxygen atoms in total. The van der Waals surface area contributed by atoms with Crippen molar-refractivity contribution in [1.82, 2.24) is 9.97 Å². The molecular formula is C52H32N2O2. The van der Waals surface area contributed by atoms with E-state index in [2.05, 4.69) is 78.9 Å². The predicted molar refractivity (Wildman–Crippen MR) is 229 cm³/mol. The minimum atomic E-state index is -0.400. The van der Waals surface area contributed by atoms with E-state index in [1.54, 1.807) is 12.1 Å². The van der Waals surface area contributed by atoms with Crippen LogP contribution in [0.3, 0.4) is 0 Å². The fourth-order valence-electron chi connectivity index (χ4n) is 7.68. The number of furan rings is 2. The molecule has 11 rings (SSSR count). The maximum Gasteiger partial charge on any atom is 0.161 e. The fourth-order valence-corrected chi connectivity index (χ4v) is 7.68. The van der Waals surface area contributed by atoms with Gasteiger partial charge in [0.25, 0.3) is 0 Å². The molecule has 0 bridgehead atoms. The van der Waals surface area contributed by atoms with Crippen LogP contribution in [0.1, 0.15) is 6.85 Å². The van der Waals surface area contributed by atoms with Gasteiger partial charge in [-0.25, -0.2) is 9.97 Å². The molecule has 0 saturated heterocycles. The molecule has 3 heterocycles. The summed E-state index contributed by atoms with van der Waals surface area (Å²) in [5.74, 6) is 0.582. The van der Waals surface area contributed by atoms with Crippen LogP contribution in [0.15, 0.2) is 203 Å². The molecule has 4 heteroatoms. The second kappa shape index (κ2) is 13.1. The SMILES string of the molecule is [2H]c1c([2H])c([2H])c(-c2ccc(-c3ccc(-c4ccc5c(c4)oc4cccc(-c6nc(-c7ccccc7)cc(-c7cccc8c7oc7ccccc78)n6)c45)cc3)cc2)c([2H])c1[2H]. The van der Waals surface area contributed by atoms with E-state index in [0.29, 0.717) is 11.4 Å². The number of hydrogen-bond donors (Lipinski definition) is 0. The molecule has 11 aromatic rings. The van der Waals surface area contributed by atoms with Crippen LogP contribution in [-0.2, 0) is 0 Å². The van der Waals surface area contributed by atoms with Crippen LogP contribution in [-0.4, -0.2) is 9.97 Å². The molecule has 262 valence electrons. The van der Waals surface area contributed by atoms with E-state index in [-0.39, 0.29) is 29.7 Å². The lowest BCUT2D eigenvalue weighted by atomic mass is 9.97. The zero-order valence-electron chi connectivity index (χ0n) is 34.8. The van der Waals surface area contributed by atoms with Crippen LogP contribution in [0.4, 0.5) is 0 Å². The maximum atomic E-state index is 8.35. The standard InChI is InChI=1S/C52H32N2O2/c1-3-11-33(12-4-1)34-21-23-35(24-22-34)36-25-27-37(28-26-36)39-29-30-43-49(31-39)55-48-20-10-18-44(50(43)48)52-53-45(38-13-5-2-6-14-38)32-46(54-52)42-17-9-16-41-40-15-7-8-19-47(40)56-51(41)42/h1-32H/i1D,3D,4D,11D,12D. The third kappa shape index (κ3) is 5.47. The van der Waals surface area contributed by atoms with Crippen molar-refractivity contribution >= 4 is 43.9 Å². The monoisotopic (exact) mass is 721 g/mol. The van der Waals surface area contributed by atoms with Crippen LogP contribution < -0.4 is 0 Å². The number of benzene rings is 8. The van der Waals surface area contributed by atoms with Gasteiger partial charge in [0.05, 0.1) is 18.2 Å². The molecule has 8 aromatic carbocycles. The van der Waals surface area contributed by atoms with Gasteiger partial charge < -0.3 is 8.83 Å². The molecule has 0 spiro atoms. The average Bonchev–Trinajstić information content (AvgIpc) is 3.89. The Bertz CT molecular complexity index is 3500. The van der Waals surface area contributed by atoms with Crippen LogP contribution in [0.25, 0.3) is 111 Å². The first-order chi connectivity index (χ1) is 29.8. The first-order valence-corrected chi connectivity index (χ1v) is 18.4. The van der Waals surface area contributed by atoms with E-state index in [4.69, 9.17) is 25.7 Å². The third-order valence-corrected chi connectivity index (χ3v) is 10.4. The number of fused-ring (bicyclic) bond motifs is 6. The minimum Gasteiger partial charge on any atom is -0.456 e. The smallest absolute Gasteiger partial charge is 0.161 e. The number of aromatic nitrogens is 2. The number of nitrogens with zero attached hydrogens (tertiary/aromatic N) is 2. The van der Waals surface area contributed by atoms with Crippen molar-refractivity contribution in [2.24, 2.45) is 0 Å². The molecule has 0 amide bonds. The van der Waals surface area contributed by atoms with Gasteiger partial charge in [0, 0.05) is 38.2 Å². The van der Waals surface area contributed by atoms with E-state index in [9.17, 15) is 0 Å². The van der Waals surface area contributed by atoms with Crippen LogP contribution >= 0.6 is 0 Å². The molecule has 0 unspecified atom stereocenters. The highest BCUT2D eigenvalue weighted by Crippen LogP contribution is 2.40. The lowest BCUT2D eigenvalue weighted by Gasteiger charge is -2.10. The highest BCUT2D eigenvalue weighted by molar-refractivity contribution is 6.13. The van der Waals surface area contributed by atoms with Crippen LogP contribution in [0.2, 0.25) is 0 Å². The zero-order valence-corrected chi connectivity index (χ0v) is 29.8.